The minimum Gasteiger partial charge on any atom is -0.465 e. The summed E-state index contributed by atoms with van der Waals surface area (Å²) in [5, 5.41) is 14.3. The van der Waals surface area contributed by atoms with Gasteiger partial charge in [0.05, 0.1) is 30.7 Å². The molecule has 0 aromatic carbocycles. The van der Waals surface area contributed by atoms with Crippen LogP contribution in [0.4, 0.5) is 18.0 Å². The minimum atomic E-state index is -4.50. The second-order valence-corrected chi connectivity index (χ2v) is 5.95. The Morgan fingerprint density at radius 3 is 2.31 bits per heavy atom. The molecule has 29 heavy (non-hydrogen) atoms. The van der Waals surface area contributed by atoms with E-state index in [2.05, 4.69) is 20.1 Å². The molecule has 0 fully saturated rings. The topological polar surface area (TPSA) is 132 Å². The Labute approximate surface area is 164 Å². The van der Waals surface area contributed by atoms with E-state index in [1.807, 2.05) is 19.2 Å². The Kier molecular flexibility index (Phi) is 8.96. The molecule has 0 radical (unpaired) electrons. The van der Waals surface area contributed by atoms with Crippen molar-refractivity contribution in [2.45, 2.75) is 52.1 Å². The van der Waals surface area contributed by atoms with E-state index in [0.717, 1.165) is 0 Å². The molecule has 2 rings (SSSR count). The number of amides is 1. The van der Waals surface area contributed by atoms with E-state index in [9.17, 15) is 22.8 Å². The van der Waals surface area contributed by atoms with Crippen molar-refractivity contribution in [3.05, 3.63) is 36.4 Å². The molecule has 0 aliphatic rings. The average Bonchev–Trinajstić information content (AvgIpc) is 3.12. The summed E-state index contributed by atoms with van der Waals surface area (Å²) in [5.74, 6) is -0.221. The van der Waals surface area contributed by atoms with Crippen LogP contribution in [-0.4, -0.2) is 48.0 Å². The normalized spacial score (nSPS) is 12.0. The number of carbonyl (C=O) groups is 2. The number of esters is 1. The van der Waals surface area contributed by atoms with Gasteiger partial charge in [-0.1, -0.05) is 0 Å². The van der Waals surface area contributed by atoms with Gasteiger partial charge in [-0.05, 0) is 20.8 Å². The molecule has 0 saturated carbocycles. The van der Waals surface area contributed by atoms with Gasteiger partial charge in [-0.25, -0.2) is 19.7 Å². The second-order valence-electron chi connectivity index (χ2n) is 5.95. The minimum absolute atomic E-state index is 0.0181. The number of hydrogen-bond donors (Lipinski definition) is 2. The molecule has 0 aliphatic heterocycles. The maximum atomic E-state index is 12.1. The van der Waals surface area contributed by atoms with Gasteiger partial charge in [0.15, 0.2) is 0 Å². The highest BCUT2D eigenvalue weighted by Crippen LogP contribution is 2.28. The van der Waals surface area contributed by atoms with Gasteiger partial charge < -0.3 is 15.2 Å². The second kappa shape index (κ2) is 10.9. The standard InChI is InChI=1S/C8H8F3N3O2.C8H13N3O2/c1-4(14-7(15)16)6-12-2-5(3-13-6)8(9,10)11;1-7(2)13-8(12)3-4-11-6-9-5-10-11/h2-4,14H,1H3,(H,15,16);5-7H,3-4H2,1-2H3. The van der Waals surface area contributed by atoms with E-state index in [4.69, 9.17) is 9.84 Å². The van der Waals surface area contributed by atoms with Crippen LogP contribution in [0.1, 0.15) is 44.6 Å². The smallest absolute Gasteiger partial charge is 0.419 e. The number of alkyl halides is 3. The first kappa shape index (κ1) is 23.8. The number of nitrogens with zero attached hydrogens (tertiary/aromatic N) is 5. The molecular weight excluding hydrogens is 397 g/mol. The molecule has 0 aliphatic carbocycles. The molecule has 2 heterocycles. The van der Waals surface area contributed by atoms with Crippen molar-refractivity contribution >= 4 is 12.1 Å². The summed E-state index contributed by atoms with van der Waals surface area (Å²) >= 11 is 0. The summed E-state index contributed by atoms with van der Waals surface area (Å²) in [6.07, 6.45) is -1.27. The van der Waals surface area contributed by atoms with Gasteiger partial charge >= 0.3 is 18.2 Å². The third-order valence-electron chi connectivity index (χ3n) is 3.11. The van der Waals surface area contributed by atoms with Crippen LogP contribution in [0.5, 0.6) is 0 Å². The molecule has 10 nitrogen and oxygen atoms in total. The van der Waals surface area contributed by atoms with Crippen LogP contribution in [0.2, 0.25) is 0 Å². The Morgan fingerprint density at radius 1 is 1.24 bits per heavy atom. The largest absolute Gasteiger partial charge is 0.465 e. The Hall–Kier alpha value is -3.25. The van der Waals surface area contributed by atoms with Crippen molar-refractivity contribution in [3.63, 3.8) is 0 Å². The van der Waals surface area contributed by atoms with E-state index in [1.54, 1.807) is 11.0 Å². The van der Waals surface area contributed by atoms with Crippen LogP contribution in [0, 0.1) is 0 Å². The molecule has 13 heteroatoms. The van der Waals surface area contributed by atoms with Crippen molar-refractivity contribution in [3.8, 4) is 0 Å². The fourth-order valence-electron chi connectivity index (χ4n) is 1.83. The zero-order valence-electron chi connectivity index (χ0n) is 15.9. The molecule has 1 amide bonds. The number of halogens is 3. The lowest BCUT2D eigenvalue weighted by atomic mass is 10.3. The van der Waals surface area contributed by atoms with Gasteiger partial charge in [-0.3, -0.25) is 9.48 Å². The average molecular weight is 418 g/mol. The summed E-state index contributed by atoms with van der Waals surface area (Å²) < 4.78 is 43.0. The third kappa shape index (κ3) is 9.48. The van der Waals surface area contributed by atoms with Gasteiger partial charge in [0.25, 0.3) is 0 Å². The Bertz CT molecular complexity index is 766. The molecule has 1 unspecified atom stereocenters. The fourth-order valence-corrected chi connectivity index (χ4v) is 1.83. The van der Waals surface area contributed by atoms with Crippen LogP contribution < -0.4 is 5.32 Å². The summed E-state index contributed by atoms with van der Waals surface area (Å²) in [5.41, 5.74) is -0.973. The number of aryl methyl sites for hydroxylation is 1. The number of nitrogens with one attached hydrogen (secondary N) is 1. The van der Waals surface area contributed by atoms with Crippen LogP contribution in [0.15, 0.2) is 25.0 Å². The van der Waals surface area contributed by atoms with Crippen LogP contribution in [0.25, 0.3) is 0 Å². The van der Waals surface area contributed by atoms with Gasteiger partial charge in [0, 0.05) is 12.4 Å². The number of hydrogen-bond acceptors (Lipinski definition) is 7. The highest BCUT2D eigenvalue weighted by Gasteiger charge is 2.31. The number of carboxylic acid groups (broad SMARTS) is 1. The van der Waals surface area contributed by atoms with Crippen LogP contribution in [-0.2, 0) is 22.3 Å². The maximum Gasteiger partial charge on any atom is 0.419 e. The van der Waals surface area contributed by atoms with E-state index in [0.29, 0.717) is 25.4 Å². The molecular formula is C16H21F3N6O4. The fraction of sp³-hybridized carbons (Fsp3) is 0.500. The van der Waals surface area contributed by atoms with Crippen molar-refractivity contribution < 1.29 is 32.6 Å². The number of aromatic nitrogens is 5. The Balaban J connectivity index is 0.000000296. The van der Waals surface area contributed by atoms with Gasteiger partial charge in [0.2, 0.25) is 0 Å². The molecule has 2 aromatic rings. The highest BCUT2D eigenvalue weighted by molar-refractivity contribution is 5.69. The van der Waals surface area contributed by atoms with E-state index >= 15 is 0 Å². The SMILES string of the molecule is CC(C)OC(=O)CCn1cncn1.CC(NC(=O)O)c1ncc(C(F)(F)F)cn1. The first-order chi connectivity index (χ1) is 13.5. The maximum absolute atomic E-state index is 12.1. The van der Waals surface area contributed by atoms with Gasteiger partial charge in [0.1, 0.15) is 18.5 Å². The van der Waals surface area contributed by atoms with E-state index in [1.165, 1.54) is 13.3 Å². The summed E-state index contributed by atoms with van der Waals surface area (Å²) in [4.78, 5) is 32.0. The molecule has 2 aromatic heterocycles. The highest BCUT2D eigenvalue weighted by atomic mass is 19.4. The van der Waals surface area contributed by atoms with E-state index in [-0.39, 0.29) is 17.9 Å². The quantitative estimate of drug-likeness (QED) is 0.684. The first-order valence-corrected chi connectivity index (χ1v) is 8.39. The number of ether oxygens (including phenoxy) is 1. The summed E-state index contributed by atoms with van der Waals surface area (Å²) in [6, 6.07) is -0.764. The predicted octanol–water partition coefficient (Wildman–Crippen LogP) is 2.44. The Morgan fingerprint density at radius 2 is 1.86 bits per heavy atom. The van der Waals surface area contributed by atoms with Gasteiger partial charge in [-0.15, -0.1) is 0 Å². The lowest BCUT2D eigenvalue weighted by Gasteiger charge is -2.10. The van der Waals surface area contributed by atoms with Crippen LogP contribution >= 0.6 is 0 Å². The third-order valence-corrected chi connectivity index (χ3v) is 3.11. The van der Waals surface area contributed by atoms with E-state index < -0.39 is 23.9 Å². The van der Waals surface area contributed by atoms with Crippen molar-refractivity contribution in [1.82, 2.24) is 30.0 Å². The number of carbonyl (C=O) groups excluding carboxylic acids is 1. The zero-order valence-corrected chi connectivity index (χ0v) is 15.9. The molecule has 0 saturated heterocycles. The first-order valence-electron chi connectivity index (χ1n) is 8.39. The number of rotatable bonds is 6. The molecule has 2 N–H and O–H groups in total. The molecule has 160 valence electrons. The summed E-state index contributed by atoms with van der Waals surface area (Å²) in [7, 11) is 0. The zero-order chi connectivity index (χ0) is 22.0. The van der Waals surface area contributed by atoms with Crippen molar-refractivity contribution in [1.29, 1.82) is 0 Å². The van der Waals surface area contributed by atoms with Crippen molar-refractivity contribution in [2.75, 3.05) is 0 Å². The van der Waals surface area contributed by atoms with Crippen molar-refractivity contribution in [2.24, 2.45) is 0 Å². The summed E-state index contributed by atoms with van der Waals surface area (Å²) in [6.45, 7) is 5.60. The lowest BCUT2D eigenvalue weighted by molar-refractivity contribution is -0.147. The molecule has 1 atom stereocenters. The molecule has 0 spiro atoms. The predicted molar refractivity (Wildman–Crippen MR) is 92.5 cm³/mol. The van der Waals surface area contributed by atoms with Crippen LogP contribution in [0.3, 0.4) is 0 Å². The van der Waals surface area contributed by atoms with Gasteiger partial charge in [-0.2, -0.15) is 18.3 Å². The molecule has 0 bridgehead atoms. The monoisotopic (exact) mass is 418 g/mol. The lowest BCUT2D eigenvalue weighted by Crippen LogP contribution is -2.26.